The summed E-state index contributed by atoms with van der Waals surface area (Å²) in [5.74, 6) is 1.17. The third kappa shape index (κ3) is 5.47. The standard InChI is InChI=1S/C17H26N2O4/c1-6-12(5)18-19-17(20)13-10-14(21-7-2)16(23-9-4)15(11-13)22-8-3/h10-11H,6-9H2,1-5H3,(H,19,20)/b18-12+. The molecule has 0 atom stereocenters. The number of hydrogen-bond donors (Lipinski definition) is 1. The number of benzene rings is 1. The van der Waals surface area contributed by atoms with Gasteiger partial charge in [-0.25, -0.2) is 5.43 Å². The molecular weight excluding hydrogens is 296 g/mol. The first kappa shape index (κ1) is 18.8. The molecule has 0 aromatic heterocycles. The van der Waals surface area contributed by atoms with Gasteiger partial charge in [0.25, 0.3) is 5.91 Å². The summed E-state index contributed by atoms with van der Waals surface area (Å²) in [7, 11) is 0. The van der Waals surface area contributed by atoms with Gasteiger partial charge in [0.1, 0.15) is 0 Å². The van der Waals surface area contributed by atoms with Crippen molar-refractivity contribution >= 4 is 11.6 Å². The average Bonchev–Trinajstić information content (AvgIpc) is 2.55. The fourth-order valence-corrected chi connectivity index (χ4v) is 1.81. The van der Waals surface area contributed by atoms with Crippen molar-refractivity contribution in [3.05, 3.63) is 17.7 Å². The van der Waals surface area contributed by atoms with Crippen LogP contribution in [0.1, 0.15) is 51.4 Å². The number of amides is 1. The molecule has 1 rings (SSSR count). The first-order valence-electron chi connectivity index (χ1n) is 7.97. The molecule has 0 saturated carbocycles. The maximum absolute atomic E-state index is 12.3. The zero-order valence-corrected chi connectivity index (χ0v) is 14.6. The van der Waals surface area contributed by atoms with Crippen molar-refractivity contribution in [2.75, 3.05) is 19.8 Å². The van der Waals surface area contributed by atoms with E-state index in [0.717, 1.165) is 12.1 Å². The van der Waals surface area contributed by atoms with Crippen LogP contribution in [0.2, 0.25) is 0 Å². The van der Waals surface area contributed by atoms with E-state index in [1.54, 1.807) is 12.1 Å². The number of ether oxygens (including phenoxy) is 3. The summed E-state index contributed by atoms with van der Waals surface area (Å²) in [6, 6.07) is 3.28. The van der Waals surface area contributed by atoms with Crippen LogP contribution in [-0.2, 0) is 0 Å². The van der Waals surface area contributed by atoms with Gasteiger partial charge in [0.2, 0.25) is 5.75 Å². The van der Waals surface area contributed by atoms with Gasteiger partial charge in [-0.1, -0.05) is 6.92 Å². The lowest BCUT2D eigenvalue weighted by atomic mass is 10.1. The van der Waals surface area contributed by atoms with Gasteiger partial charge in [0.15, 0.2) is 11.5 Å². The number of hydrogen-bond acceptors (Lipinski definition) is 5. The monoisotopic (exact) mass is 322 g/mol. The normalized spacial score (nSPS) is 11.1. The van der Waals surface area contributed by atoms with Gasteiger partial charge in [-0.3, -0.25) is 4.79 Å². The topological polar surface area (TPSA) is 69.2 Å². The highest BCUT2D eigenvalue weighted by Crippen LogP contribution is 2.39. The first-order valence-corrected chi connectivity index (χ1v) is 7.97. The molecule has 0 spiro atoms. The molecular formula is C17H26N2O4. The minimum absolute atomic E-state index is 0.317. The molecule has 0 fully saturated rings. The highest BCUT2D eigenvalue weighted by atomic mass is 16.5. The maximum atomic E-state index is 12.3. The van der Waals surface area contributed by atoms with Crippen molar-refractivity contribution in [1.29, 1.82) is 0 Å². The van der Waals surface area contributed by atoms with Crippen molar-refractivity contribution in [3.63, 3.8) is 0 Å². The average molecular weight is 322 g/mol. The summed E-state index contributed by atoms with van der Waals surface area (Å²) < 4.78 is 16.8. The minimum atomic E-state index is -0.317. The lowest BCUT2D eigenvalue weighted by Gasteiger charge is -2.16. The van der Waals surface area contributed by atoms with E-state index in [1.165, 1.54) is 0 Å². The van der Waals surface area contributed by atoms with Crippen molar-refractivity contribution in [1.82, 2.24) is 5.43 Å². The van der Waals surface area contributed by atoms with Crippen molar-refractivity contribution in [2.24, 2.45) is 5.10 Å². The van der Waals surface area contributed by atoms with Crippen LogP contribution in [0, 0.1) is 0 Å². The zero-order valence-electron chi connectivity index (χ0n) is 14.6. The van der Waals surface area contributed by atoms with Crippen molar-refractivity contribution < 1.29 is 19.0 Å². The van der Waals surface area contributed by atoms with E-state index < -0.39 is 0 Å². The lowest BCUT2D eigenvalue weighted by molar-refractivity contribution is 0.0953. The van der Waals surface area contributed by atoms with Crippen LogP contribution < -0.4 is 19.6 Å². The minimum Gasteiger partial charge on any atom is -0.490 e. The second-order valence-corrected chi connectivity index (χ2v) is 4.74. The molecule has 0 unspecified atom stereocenters. The predicted molar refractivity (Wildman–Crippen MR) is 90.8 cm³/mol. The number of nitrogens with zero attached hydrogens (tertiary/aromatic N) is 1. The Hall–Kier alpha value is -2.24. The maximum Gasteiger partial charge on any atom is 0.271 e. The molecule has 0 aliphatic heterocycles. The molecule has 1 aromatic rings. The quantitative estimate of drug-likeness (QED) is 0.559. The van der Waals surface area contributed by atoms with Crippen LogP contribution in [0.5, 0.6) is 17.2 Å². The molecule has 1 amide bonds. The zero-order chi connectivity index (χ0) is 17.2. The molecule has 1 N–H and O–H groups in total. The third-order valence-corrected chi connectivity index (χ3v) is 3.03. The van der Waals surface area contributed by atoms with Crippen LogP contribution in [0.3, 0.4) is 0 Å². The second-order valence-electron chi connectivity index (χ2n) is 4.74. The molecule has 0 radical (unpaired) electrons. The molecule has 0 aliphatic rings. The van der Waals surface area contributed by atoms with E-state index in [0.29, 0.717) is 42.6 Å². The van der Waals surface area contributed by atoms with Gasteiger partial charge in [0, 0.05) is 11.3 Å². The Kier molecular flexibility index (Phi) is 7.94. The third-order valence-electron chi connectivity index (χ3n) is 3.03. The fourth-order valence-electron chi connectivity index (χ4n) is 1.81. The van der Waals surface area contributed by atoms with E-state index in [2.05, 4.69) is 10.5 Å². The molecule has 0 aliphatic carbocycles. The summed E-state index contributed by atoms with van der Waals surface area (Å²) in [5.41, 5.74) is 3.79. The molecule has 1 aromatic carbocycles. The van der Waals surface area contributed by atoms with E-state index in [1.807, 2.05) is 34.6 Å². The Balaban J connectivity index is 3.19. The second kappa shape index (κ2) is 9.71. The summed E-state index contributed by atoms with van der Waals surface area (Å²) in [5, 5.41) is 4.03. The van der Waals surface area contributed by atoms with Gasteiger partial charge in [-0.2, -0.15) is 5.10 Å². The van der Waals surface area contributed by atoms with Crippen LogP contribution in [0.25, 0.3) is 0 Å². The van der Waals surface area contributed by atoms with Gasteiger partial charge in [-0.15, -0.1) is 0 Å². The molecule has 0 saturated heterocycles. The molecule has 6 nitrogen and oxygen atoms in total. The lowest BCUT2D eigenvalue weighted by Crippen LogP contribution is -2.19. The summed E-state index contributed by atoms with van der Waals surface area (Å²) in [6.45, 7) is 10.9. The summed E-state index contributed by atoms with van der Waals surface area (Å²) in [6.07, 6.45) is 0.776. The smallest absolute Gasteiger partial charge is 0.271 e. The SMILES string of the molecule is CCOc1cc(C(=O)N/N=C(\C)CC)cc(OCC)c1OCC. The fraction of sp³-hybridized carbons (Fsp3) is 0.529. The Bertz CT molecular complexity index is 529. The number of carbonyl (C=O) groups is 1. The van der Waals surface area contributed by atoms with Crippen molar-refractivity contribution in [3.8, 4) is 17.2 Å². The number of rotatable bonds is 9. The predicted octanol–water partition coefficient (Wildman–Crippen LogP) is 3.40. The highest BCUT2D eigenvalue weighted by Gasteiger charge is 2.18. The van der Waals surface area contributed by atoms with Gasteiger partial charge < -0.3 is 14.2 Å². The Morgan fingerprint density at radius 3 is 1.96 bits per heavy atom. The van der Waals surface area contributed by atoms with Crippen LogP contribution in [0.15, 0.2) is 17.2 Å². The van der Waals surface area contributed by atoms with Gasteiger partial charge in [-0.05, 0) is 46.2 Å². The summed E-state index contributed by atoms with van der Waals surface area (Å²) in [4.78, 5) is 12.3. The number of hydrazone groups is 1. The Morgan fingerprint density at radius 1 is 1.00 bits per heavy atom. The highest BCUT2D eigenvalue weighted by molar-refractivity contribution is 5.96. The molecule has 23 heavy (non-hydrogen) atoms. The van der Waals surface area contributed by atoms with E-state index in [9.17, 15) is 4.79 Å². The summed E-state index contributed by atoms with van der Waals surface area (Å²) >= 11 is 0. The van der Waals surface area contributed by atoms with E-state index in [-0.39, 0.29) is 5.91 Å². The van der Waals surface area contributed by atoms with Gasteiger partial charge in [0.05, 0.1) is 19.8 Å². The van der Waals surface area contributed by atoms with E-state index >= 15 is 0 Å². The molecule has 0 heterocycles. The van der Waals surface area contributed by atoms with Gasteiger partial charge >= 0.3 is 0 Å². The number of carbonyl (C=O) groups excluding carboxylic acids is 1. The molecule has 0 bridgehead atoms. The van der Waals surface area contributed by atoms with Crippen LogP contribution in [-0.4, -0.2) is 31.4 Å². The van der Waals surface area contributed by atoms with Crippen LogP contribution in [0.4, 0.5) is 0 Å². The largest absolute Gasteiger partial charge is 0.490 e. The Morgan fingerprint density at radius 2 is 1.52 bits per heavy atom. The van der Waals surface area contributed by atoms with Crippen LogP contribution >= 0.6 is 0 Å². The molecule has 128 valence electrons. The van der Waals surface area contributed by atoms with E-state index in [4.69, 9.17) is 14.2 Å². The van der Waals surface area contributed by atoms with Crippen molar-refractivity contribution in [2.45, 2.75) is 41.0 Å². The number of nitrogens with one attached hydrogen (secondary N) is 1. The first-order chi connectivity index (χ1) is 11.1. The molecule has 6 heteroatoms. The Labute approximate surface area is 137 Å².